The molecule has 0 unspecified atom stereocenters. The summed E-state index contributed by atoms with van der Waals surface area (Å²) in [5.74, 6) is 0.232. The molecule has 0 atom stereocenters. The van der Waals surface area contributed by atoms with Crippen LogP contribution in [0.25, 0.3) is 11.3 Å². The first-order valence-corrected chi connectivity index (χ1v) is 9.58. The van der Waals surface area contributed by atoms with Crippen LogP contribution < -0.4 is 4.90 Å². The lowest BCUT2D eigenvalue weighted by Crippen LogP contribution is -2.49. The molecule has 1 aliphatic rings. The van der Waals surface area contributed by atoms with Gasteiger partial charge in [-0.05, 0) is 12.1 Å². The highest BCUT2D eigenvalue weighted by Gasteiger charge is 2.36. The predicted molar refractivity (Wildman–Crippen MR) is 106 cm³/mol. The molecule has 1 saturated heterocycles. The van der Waals surface area contributed by atoms with Gasteiger partial charge in [-0.25, -0.2) is 4.98 Å². The fourth-order valence-corrected chi connectivity index (χ4v) is 3.65. The third kappa shape index (κ3) is 3.90. The summed E-state index contributed by atoms with van der Waals surface area (Å²) in [5.41, 5.74) is 0.720. The summed E-state index contributed by atoms with van der Waals surface area (Å²) < 4.78 is 45.6. The van der Waals surface area contributed by atoms with Gasteiger partial charge in [0.2, 0.25) is 5.76 Å². The van der Waals surface area contributed by atoms with Gasteiger partial charge in [0.1, 0.15) is 5.69 Å². The van der Waals surface area contributed by atoms with E-state index >= 15 is 0 Å². The molecule has 4 rings (SSSR count). The number of hydrogen-bond acceptors (Lipinski definition) is 4. The highest BCUT2D eigenvalue weighted by molar-refractivity contribution is 5.97. The van der Waals surface area contributed by atoms with E-state index in [-0.39, 0.29) is 17.4 Å². The number of piperazine rings is 1. The van der Waals surface area contributed by atoms with Crippen LogP contribution in [0, 0.1) is 6.92 Å². The second-order valence-electron chi connectivity index (χ2n) is 7.07. The van der Waals surface area contributed by atoms with Crippen molar-refractivity contribution in [3.05, 3.63) is 71.8 Å². The van der Waals surface area contributed by atoms with Gasteiger partial charge in [0.15, 0.2) is 5.89 Å². The summed E-state index contributed by atoms with van der Waals surface area (Å²) in [4.78, 5) is 20.7. The Kier molecular flexibility index (Phi) is 5.24. The Morgan fingerprint density at radius 3 is 2.27 bits per heavy atom. The first-order valence-electron chi connectivity index (χ1n) is 9.58. The summed E-state index contributed by atoms with van der Waals surface area (Å²) in [6, 6.07) is 14.8. The van der Waals surface area contributed by atoms with Crippen LogP contribution >= 0.6 is 0 Å². The SMILES string of the molecule is Cc1nc(-c2ccccc2)c(C(=O)N2CCN(c3ccccc3C(F)(F)F)CC2)o1. The number of halogens is 3. The fraction of sp³-hybridized carbons (Fsp3) is 0.273. The maximum atomic E-state index is 13.3. The number of amides is 1. The number of oxazole rings is 1. The minimum absolute atomic E-state index is 0.137. The van der Waals surface area contributed by atoms with E-state index in [0.717, 1.165) is 11.6 Å². The first kappa shape index (κ1) is 20.0. The lowest BCUT2D eigenvalue weighted by Gasteiger charge is -2.36. The number of anilines is 1. The van der Waals surface area contributed by atoms with Crippen molar-refractivity contribution < 1.29 is 22.4 Å². The zero-order chi connectivity index (χ0) is 21.3. The number of aryl methyl sites for hydroxylation is 1. The van der Waals surface area contributed by atoms with Crippen LogP contribution in [0.5, 0.6) is 0 Å². The molecule has 0 bridgehead atoms. The van der Waals surface area contributed by atoms with Gasteiger partial charge in [-0.15, -0.1) is 0 Å². The van der Waals surface area contributed by atoms with Crippen LogP contribution in [0.1, 0.15) is 22.0 Å². The van der Waals surface area contributed by atoms with E-state index in [9.17, 15) is 18.0 Å². The Balaban J connectivity index is 1.52. The van der Waals surface area contributed by atoms with E-state index < -0.39 is 11.7 Å². The first-order chi connectivity index (χ1) is 14.3. The van der Waals surface area contributed by atoms with Crippen LogP contribution in [0.4, 0.5) is 18.9 Å². The lowest BCUT2D eigenvalue weighted by molar-refractivity contribution is -0.137. The number of nitrogens with zero attached hydrogens (tertiary/aromatic N) is 3. The number of aromatic nitrogens is 1. The van der Waals surface area contributed by atoms with Crippen LogP contribution in [-0.2, 0) is 6.18 Å². The van der Waals surface area contributed by atoms with Gasteiger partial charge in [0.25, 0.3) is 5.91 Å². The standard InChI is InChI=1S/C22H20F3N3O2/c1-15-26-19(16-7-3-2-4-8-16)20(30-15)21(29)28-13-11-27(12-14-28)18-10-6-5-9-17(18)22(23,24)25/h2-10H,11-14H2,1H3. The fourth-order valence-electron chi connectivity index (χ4n) is 3.65. The van der Waals surface area contributed by atoms with Crippen molar-refractivity contribution in [2.24, 2.45) is 0 Å². The van der Waals surface area contributed by atoms with Gasteiger partial charge in [-0.3, -0.25) is 4.79 Å². The average molecular weight is 415 g/mol. The number of rotatable bonds is 3. The lowest BCUT2D eigenvalue weighted by atomic mass is 10.1. The number of hydrogen-bond donors (Lipinski definition) is 0. The molecule has 0 aliphatic carbocycles. The van der Waals surface area contributed by atoms with Gasteiger partial charge < -0.3 is 14.2 Å². The monoisotopic (exact) mass is 415 g/mol. The number of alkyl halides is 3. The summed E-state index contributed by atoms with van der Waals surface area (Å²) in [7, 11) is 0. The van der Waals surface area contributed by atoms with Gasteiger partial charge in [-0.2, -0.15) is 13.2 Å². The smallest absolute Gasteiger partial charge is 0.418 e. The van der Waals surface area contributed by atoms with E-state index in [2.05, 4.69) is 4.98 Å². The Hall–Kier alpha value is -3.29. The topological polar surface area (TPSA) is 49.6 Å². The number of para-hydroxylation sites is 1. The van der Waals surface area contributed by atoms with Crippen molar-refractivity contribution >= 4 is 11.6 Å². The number of carbonyl (C=O) groups excluding carboxylic acids is 1. The molecule has 3 aromatic rings. The Morgan fingerprint density at radius 2 is 1.60 bits per heavy atom. The maximum Gasteiger partial charge on any atom is 0.418 e. The molecule has 5 nitrogen and oxygen atoms in total. The normalized spacial score (nSPS) is 14.8. The zero-order valence-electron chi connectivity index (χ0n) is 16.3. The summed E-state index contributed by atoms with van der Waals surface area (Å²) in [6.45, 7) is 2.85. The van der Waals surface area contributed by atoms with Crippen molar-refractivity contribution in [3.63, 3.8) is 0 Å². The molecular weight excluding hydrogens is 395 g/mol. The van der Waals surface area contributed by atoms with E-state index in [1.165, 1.54) is 12.1 Å². The van der Waals surface area contributed by atoms with Crippen molar-refractivity contribution in [2.45, 2.75) is 13.1 Å². The number of benzene rings is 2. The Bertz CT molecular complexity index is 1040. The van der Waals surface area contributed by atoms with Crippen molar-refractivity contribution in [1.29, 1.82) is 0 Å². The highest BCUT2D eigenvalue weighted by atomic mass is 19.4. The Labute approximate surface area is 171 Å². The zero-order valence-corrected chi connectivity index (χ0v) is 16.3. The molecule has 1 aromatic heterocycles. The molecule has 2 aromatic carbocycles. The maximum absolute atomic E-state index is 13.3. The summed E-state index contributed by atoms with van der Waals surface area (Å²) in [6.07, 6.45) is -4.43. The van der Waals surface area contributed by atoms with Crippen LogP contribution in [0.15, 0.2) is 59.0 Å². The molecule has 2 heterocycles. The Morgan fingerprint density at radius 1 is 0.967 bits per heavy atom. The number of carbonyl (C=O) groups is 1. The molecule has 8 heteroatoms. The predicted octanol–water partition coefficient (Wildman–Crippen LogP) is 4.63. The molecular formula is C22H20F3N3O2. The molecule has 30 heavy (non-hydrogen) atoms. The third-order valence-electron chi connectivity index (χ3n) is 5.09. The second kappa shape index (κ2) is 7.85. The van der Waals surface area contributed by atoms with Gasteiger partial charge in [0, 0.05) is 44.4 Å². The molecule has 1 aliphatic heterocycles. The molecule has 0 N–H and O–H groups in total. The van der Waals surface area contributed by atoms with Crippen molar-refractivity contribution in [3.8, 4) is 11.3 Å². The molecule has 1 amide bonds. The molecule has 0 radical (unpaired) electrons. The molecule has 0 spiro atoms. The van der Waals surface area contributed by atoms with Crippen LogP contribution in [0.2, 0.25) is 0 Å². The van der Waals surface area contributed by atoms with Crippen molar-refractivity contribution in [1.82, 2.24) is 9.88 Å². The average Bonchev–Trinajstić information content (AvgIpc) is 3.15. The molecule has 156 valence electrons. The minimum Gasteiger partial charge on any atom is -0.435 e. The quantitative estimate of drug-likeness (QED) is 0.626. The molecule has 0 saturated carbocycles. The molecule has 1 fully saturated rings. The van der Waals surface area contributed by atoms with Gasteiger partial charge in [0.05, 0.1) is 5.56 Å². The van der Waals surface area contributed by atoms with E-state index in [0.29, 0.717) is 37.8 Å². The van der Waals surface area contributed by atoms with E-state index in [1.54, 1.807) is 22.8 Å². The summed E-state index contributed by atoms with van der Waals surface area (Å²) in [5, 5.41) is 0. The van der Waals surface area contributed by atoms with Gasteiger partial charge in [-0.1, -0.05) is 42.5 Å². The second-order valence-corrected chi connectivity index (χ2v) is 7.07. The van der Waals surface area contributed by atoms with Crippen LogP contribution in [-0.4, -0.2) is 42.0 Å². The largest absolute Gasteiger partial charge is 0.435 e. The highest BCUT2D eigenvalue weighted by Crippen LogP contribution is 2.37. The van der Waals surface area contributed by atoms with E-state index in [1.807, 2.05) is 30.3 Å². The van der Waals surface area contributed by atoms with Crippen LogP contribution in [0.3, 0.4) is 0 Å². The summed E-state index contributed by atoms with van der Waals surface area (Å²) >= 11 is 0. The van der Waals surface area contributed by atoms with Crippen molar-refractivity contribution in [2.75, 3.05) is 31.1 Å². The minimum atomic E-state index is -4.43. The van der Waals surface area contributed by atoms with E-state index in [4.69, 9.17) is 4.42 Å². The van der Waals surface area contributed by atoms with Gasteiger partial charge >= 0.3 is 6.18 Å². The third-order valence-corrected chi connectivity index (χ3v) is 5.09.